The fraction of sp³-hybridized carbons (Fsp3) is 0.167. The highest BCUT2D eigenvalue weighted by molar-refractivity contribution is 6.30. The number of carbonyl (C=O) groups excluding carboxylic acids is 1. The van der Waals surface area contributed by atoms with E-state index in [1.165, 1.54) is 0 Å². The zero-order valence-corrected chi connectivity index (χ0v) is 17.0. The lowest BCUT2D eigenvalue weighted by molar-refractivity contribution is -0.140. The Morgan fingerprint density at radius 3 is 2.33 bits per heavy atom. The van der Waals surface area contributed by atoms with E-state index in [0.717, 1.165) is 11.1 Å². The summed E-state index contributed by atoms with van der Waals surface area (Å²) in [5, 5.41) is 10.7. The van der Waals surface area contributed by atoms with Gasteiger partial charge in [0.25, 0.3) is 5.91 Å². The van der Waals surface area contributed by atoms with Gasteiger partial charge in [0.15, 0.2) is 0 Å². The van der Waals surface area contributed by atoms with Crippen LogP contribution < -0.4 is 4.74 Å². The SMILES string of the molecule is COc1ccc([C@@H]2[C@H](C(=O)O)c3ccccc3C(=O)N2Cc2ccc(Cl)cc2)cc1. The van der Waals surface area contributed by atoms with E-state index in [-0.39, 0.29) is 12.5 Å². The normalized spacial score (nSPS) is 18.1. The van der Waals surface area contributed by atoms with Crippen LogP contribution in [-0.4, -0.2) is 29.0 Å². The Balaban J connectivity index is 1.85. The van der Waals surface area contributed by atoms with Gasteiger partial charge in [-0.05, 0) is 47.0 Å². The van der Waals surface area contributed by atoms with Crippen molar-refractivity contribution in [2.75, 3.05) is 7.11 Å². The zero-order valence-electron chi connectivity index (χ0n) is 16.3. The van der Waals surface area contributed by atoms with Gasteiger partial charge in [0.05, 0.1) is 13.2 Å². The summed E-state index contributed by atoms with van der Waals surface area (Å²) >= 11 is 6.00. The smallest absolute Gasteiger partial charge is 0.313 e. The number of aliphatic carboxylic acids is 1. The minimum atomic E-state index is -0.975. The van der Waals surface area contributed by atoms with Crippen LogP contribution in [0.3, 0.4) is 0 Å². The predicted molar refractivity (Wildman–Crippen MR) is 114 cm³/mol. The number of carbonyl (C=O) groups is 2. The molecular weight excluding hydrogens is 402 g/mol. The summed E-state index contributed by atoms with van der Waals surface area (Å²) in [6.07, 6.45) is 0. The van der Waals surface area contributed by atoms with Crippen LogP contribution in [0.1, 0.15) is 39.0 Å². The van der Waals surface area contributed by atoms with Crippen LogP contribution in [-0.2, 0) is 11.3 Å². The van der Waals surface area contributed by atoms with Gasteiger partial charge in [-0.3, -0.25) is 9.59 Å². The van der Waals surface area contributed by atoms with Gasteiger partial charge in [0.2, 0.25) is 0 Å². The molecule has 3 aromatic carbocycles. The summed E-state index contributed by atoms with van der Waals surface area (Å²) in [7, 11) is 1.57. The number of fused-ring (bicyclic) bond motifs is 1. The molecule has 1 N–H and O–H groups in total. The molecular formula is C24H20ClNO4. The summed E-state index contributed by atoms with van der Waals surface area (Å²) in [6, 6.07) is 20.7. The van der Waals surface area contributed by atoms with E-state index in [0.29, 0.717) is 21.9 Å². The van der Waals surface area contributed by atoms with Crippen molar-refractivity contribution >= 4 is 23.5 Å². The van der Waals surface area contributed by atoms with Crippen LogP contribution in [0.5, 0.6) is 5.75 Å². The lowest BCUT2D eigenvalue weighted by atomic mass is 9.79. The van der Waals surface area contributed by atoms with Crippen LogP contribution in [0.25, 0.3) is 0 Å². The largest absolute Gasteiger partial charge is 0.497 e. The zero-order chi connectivity index (χ0) is 21.3. The lowest BCUT2D eigenvalue weighted by Crippen LogP contribution is -2.44. The molecule has 0 radical (unpaired) electrons. The monoisotopic (exact) mass is 421 g/mol. The van der Waals surface area contributed by atoms with Crippen molar-refractivity contribution in [1.29, 1.82) is 0 Å². The number of rotatable bonds is 5. The van der Waals surface area contributed by atoms with Crippen molar-refractivity contribution in [3.8, 4) is 5.75 Å². The molecule has 6 heteroatoms. The predicted octanol–water partition coefficient (Wildman–Crippen LogP) is 4.91. The van der Waals surface area contributed by atoms with Gasteiger partial charge >= 0.3 is 5.97 Å². The molecule has 0 bridgehead atoms. The lowest BCUT2D eigenvalue weighted by Gasteiger charge is -2.41. The Hall–Kier alpha value is -3.31. The van der Waals surface area contributed by atoms with Crippen LogP contribution in [0.15, 0.2) is 72.8 Å². The van der Waals surface area contributed by atoms with Crippen molar-refractivity contribution < 1.29 is 19.4 Å². The van der Waals surface area contributed by atoms with Gasteiger partial charge in [-0.1, -0.05) is 54.1 Å². The van der Waals surface area contributed by atoms with Crippen molar-refractivity contribution in [1.82, 2.24) is 4.90 Å². The number of carboxylic acids is 1. The summed E-state index contributed by atoms with van der Waals surface area (Å²) in [5.41, 5.74) is 2.56. The van der Waals surface area contributed by atoms with E-state index in [2.05, 4.69) is 0 Å². The quantitative estimate of drug-likeness (QED) is 0.635. The second kappa shape index (κ2) is 8.20. The molecule has 5 nitrogen and oxygen atoms in total. The third kappa shape index (κ3) is 3.64. The molecule has 0 aromatic heterocycles. The minimum Gasteiger partial charge on any atom is -0.497 e. The third-order valence-corrected chi connectivity index (χ3v) is 5.68. The first-order valence-corrected chi connectivity index (χ1v) is 9.88. The maximum absolute atomic E-state index is 13.4. The van der Waals surface area contributed by atoms with Crippen LogP contribution in [0, 0.1) is 0 Å². The maximum Gasteiger partial charge on any atom is 0.313 e. The van der Waals surface area contributed by atoms with E-state index in [1.54, 1.807) is 60.5 Å². The maximum atomic E-state index is 13.4. The molecule has 2 atom stereocenters. The van der Waals surface area contributed by atoms with Gasteiger partial charge in [0.1, 0.15) is 11.7 Å². The first-order chi connectivity index (χ1) is 14.5. The molecule has 0 saturated heterocycles. The molecule has 0 fully saturated rings. The standard InChI is InChI=1S/C24H20ClNO4/c1-30-18-12-8-16(9-13-18)22-21(24(28)29)19-4-2-3-5-20(19)23(27)26(22)14-15-6-10-17(25)11-7-15/h2-13,21-22H,14H2,1H3,(H,28,29)/t21-,22-/m1/s1. The molecule has 3 aromatic rings. The molecule has 1 aliphatic heterocycles. The number of ether oxygens (including phenoxy) is 1. The Morgan fingerprint density at radius 1 is 1.03 bits per heavy atom. The second-order valence-electron chi connectivity index (χ2n) is 7.18. The number of carboxylic acid groups (broad SMARTS) is 1. The number of hydrogen-bond acceptors (Lipinski definition) is 3. The molecule has 4 rings (SSSR count). The second-order valence-corrected chi connectivity index (χ2v) is 7.62. The summed E-state index contributed by atoms with van der Waals surface area (Å²) < 4.78 is 5.23. The van der Waals surface area contributed by atoms with Gasteiger partial charge < -0.3 is 14.7 Å². The minimum absolute atomic E-state index is 0.195. The average Bonchev–Trinajstić information content (AvgIpc) is 2.76. The van der Waals surface area contributed by atoms with Crippen molar-refractivity contribution in [2.45, 2.75) is 18.5 Å². The number of nitrogens with zero attached hydrogens (tertiary/aromatic N) is 1. The van der Waals surface area contributed by atoms with Gasteiger partial charge in [-0.25, -0.2) is 0 Å². The Kier molecular flexibility index (Phi) is 5.46. The fourth-order valence-electron chi connectivity index (χ4n) is 3.99. The summed E-state index contributed by atoms with van der Waals surface area (Å²) in [5.74, 6) is -1.40. The van der Waals surface area contributed by atoms with E-state index >= 15 is 0 Å². The van der Waals surface area contributed by atoms with Crippen LogP contribution >= 0.6 is 11.6 Å². The summed E-state index contributed by atoms with van der Waals surface area (Å²) in [4.78, 5) is 27.5. The van der Waals surface area contributed by atoms with E-state index in [4.69, 9.17) is 16.3 Å². The molecule has 1 aliphatic rings. The van der Waals surface area contributed by atoms with Crippen molar-refractivity contribution in [2.24, 2.45) is 0 Å². The Labute approximate surface area is 179 Å². The molecule has 0 aliphatic carbocycles. The topological polar surface area (TPSA) is 66.8 Å². The third-order valence-electron chi connectivity index (χ3n) is 5.43. The fourth-order valence-corrected chi connectivity index (χ4v) is 4.12. The van der Waals surface area contributed by atoms with Gasteiger partial charge in [-0.2, -0.15) is 0 Å². The number of amides is 1. The van der Waals surface area contributed by atoms with Crippen molar-refractivity contribution in [3.63, 3.8) is 0 Å². The first-order valence-electron chi connectivity index (χ1n) is 9.50. The Bertz CT molecular complexity index is 1080. The van der Waals surface area contributed by atoms with Gasteiger partial charge in [-0.15, -0.1) is 0 Å². The highest BCUT2D eigenvalue weighted by Gasteiger charge is 2.44. The van der Waals surface area contributed by atoms with E-state index in [1.807, 2.05) is 24.3 Å². The van der Waals surface area contributed by atoms with Gasteiger partial charge in [0, 0.05) is 17.1 Å². The molecule has 0 spiro atoms. The highest BCUT2D eigenvalue weighted by Crippen LogP contribution is 2.43. The molecule has 152 valence electrons. The molecule has 30 heavy (non-hydrogen) atoms. The molecule has 1 heterocycles. The molecule has 0 unspecified atom stereocenters. The molecule has 0 saturated carbocycles. The number of methoxy groups -OCH3 is 1. The number of benzene rings is 3. The summed E-state index contributed by atoms with van der Waals surface area (Å²) in [6.45, 7) is 0.269. The van der Waals surface area contributed by atoms with Crippen LogP contribution in [0.4, 0.5) is 0 Å². The molecule has 1 amide bonds. The van der Waals surface area contributed by atoms with Crippen LogP contribution in [0.2, 0.25) is 5.02 Å². The first kappa shape index (κ1) is 20.0. The number of halogens is 1. The average molecular weight is 422 g/mol. The van der Waals surface area contributed by atoms with E-state index in [9.17, 15) is 14.7 Å². The van der Waals surface area contributed by atoms with Crippen molar-refractivity contribution in [3.05, 3.63) is 100 Å². The number of hydrogen-bond donors (Lipinski definition) is 1. The highest BCUT2D eigenvalue weighted by atomic mass is 35.5. The Morgan fingerprint density at radius 2 is 1.70 bits per heavy atom. The van der Waals surface area contributed by atoms with E-state index < -0.39 is 17.9 Å².